The van der Waals surface area contributed by atoms with Gasteiger partial charge in [0.05, 0.1) is 6.61 Å². The highest BCUT2D eigenvalue weighted by Crippen LogP contribution is 2.42. The van der Waals surface area contributed by atoms with Gasteiger partial charge in [0.25, 0.3) is 0 Å². The van der Waals surface area contributed by atoms with Crippen molar-refractivity contribution >= 4 is 40.8 Å². The van der Waals surface area contributed by atoms with Crippen molar-refractivity contribution in [3.63, 3.8) is 0 Å². The van der Waals surface area contributed by atoms with Crippen molar-refractivity contribution in [3.8, 4) is 0 Å². The van der Waals surface area contributed by atoms with E-state index in [1.165, 1.54) is 0 Å². The van der Waals surface area contributed by atoms with Crippen LogP contribution in [0.5, 0.6) is 0 Å². The van der Waals surface area contributed by atoms with E-state index in [1.54, 1.807) is 31.2 Å². The molecule has 0 saturated heterocycles. The van der Waals surface area contributed by atoms with Crippen LogP contribution in [-0.4, -0.2) is 16.4 Å². The summed E-state index contributed by atoms with van der Waals surface area (Å²) >= 11 is 17.4. The predicted octanol–water partition coefficient (Wildman–Crippen LogP) is 3.70. The Labute approximate surface area is 109 Å². The van der Waals surface area contributed by atoms with E-state index in [2.05, 4.69) is 0 Å². The summed E-state index contributed by atoms with van der Waals surface area (Å²) in [5, 5.41) is 0. The molecule has 88 valence electrons. The third kappa shape index (κ3) is 3.55. The van der Waals surface area contributed by atoms with E-state index in [9.17, 15) is 4.79 Å². The van der Waals surface area contributed by atoms with Crippen LogP contribution in [0, 0.1) is 0 Å². The van der Waals surface area contributed by atoms with Crippen molar-refractivity contribution in [1.82, 2.24) is 0 Å². The highest BCUT2D eigenvalue weighted by molar-refractivity contribution is 6.68. The molecule has 0 aliphatic heterocycles. The minimum Gasteiger partial charge on any atom is -0.465 e. The lowest BCUT2D eigenvalue weighted by Crippen LogP contribution is -2.27. The van der Waals surface area contributed by atoms with Crippen molar-refractivity contribution in [3.05, 3.63) is 35.9 Å². The number of benzene rings is 1. The SMILES string of the molecule is CCOC(=O)C(c1ccccc1)C(Cl)(Cl)Cl. The number of rotatable bonds is 3. The molecule has 0 aliphatic rings. The van der Waals surface area contributed by atoms with E-state index in [4.69, 9.17) is 39.5 Å². The van der Waals surface area contributed by atoms with Gasteiger partial charge < -0.3 is 4.74 Å². The molecule has 0 heterocycles. The molecule has 1 aromatic rings. The van der Waals surface area contributed by atoms with E-state index < -0.39 is 15.7 Å². The Kier molecular flexibility index (Phi) is 4.90. The Bertz CT molecular complexity index is 346. The molecule has 16 heavy (non-hydrogen) atoms. The molecule has 1 unspecified atom stereocenters. The van der Waals surface area contributed by atoms with Gasteiger partial charge in [0.15, 0.2) is 0 Å². The van der Waals surface area contributed by atoms with Gasteiger partial charge in [-0.05, 0) is 12.5 Å². The summed E-state index contributed by atoms with van der Waals surface area (Å²) in [7, 11) is 0. The van der Waals surface area contributed by atoms with Crippen LogP contribution >= 0.6 is 34.8 Å². The first-order valence-electron chi connectivity index (χ1n) is 4.75. The Morgan fingerprint density at radius 1 is 1.31 bits per heavy atom. The van der Waals surface area contributed by atoms with Crippen LogP contribution in [0.2, 0.25) is 0 Å². The Hall–Kier alpha value is -0.440. The van der Waals surface area contributed by atoms with Crippen LogP contribution in [0.25, 0.3) is 0 Å². The van der Waals surface area contributed by atoms with E-state index in [0.29, 0.717) is 5.56 Å². The van der Waals surface area contributed by atoms with Crippen LogP contribution in [0.15, 0.2) is 30.3 Å². The number of ether oxygens (including phenoxy) is 1. The van der Waals surface area contributed by atoms with Gasteiger partial charge in [-0.3, -0.25) is 4.79 Å². The van der Waals surface area contributed by atoms with Crippen LogP contribution < -0.4 is 0 Å². The standard InChI is InChI=1S/C11H11Cl3O2/c1-2-16-10(15)9(11(12,13)14)8-6-4-3-5-7-8/h3-7,9H,2H2,1H3. The van der Waals surface area contributed by atoms with Crippen molar-refractivity contribution in [2.45, 2.75) is 16.6 Å². The number of hydrogen-bond acceptors (Lipinski definition) is 2. The maximum absolute atomic E-state index is 11.7. The second-order valence-corrected chi connectivity index (χ2v) is 5.51. The fraction of sp³-hybridized carbons (Fsp3) is 0.364. The fourth-order valence-corrected chi connectivity index (χ4v) is 1.98. The topological polar surface area (TPSA) is 26.3 Å². The van der Waals surface area contributed by atoms with Crippen molar-refractivity contribution in [2.24, 2.45) is 0 Å². The molecule has 0 spiro atoms. The van der Waals surface area contributed by atoms with E-state index >= 15 is 0 Å². The first kappa shape index (κ1) is 13.6. The summed E-state index contributed by atoms with van der Waals surface area (Å²) in [4.78, 5) is 11.7. The van der Waals surface area contributed by atoms with Gasteiger partial charge in [-0.2, -0.15) is 0 Å². The van der Waals surface area contributed by atoms with Gasteiger partial charge in [-0.25, -0.2) is 0 Å². The average molecular weight is 282 g/mol. The lowest BCUT2D eigenvalue weighted by atomic mass is 10.0. The lowest BCUT2D eigenvalue weighted by molar-refractivity contribution is -0.144. The summed E-state index contributed by atoms with van der Waals surface area (Å²) in [5.41, 5.74) is 0.626. The number of carbonyl (C=O) groups excluding carboxylic acids is 1. The third-order valence-corrected chi connectivity index (χ3v) is 2.64. The number of esters is 1. The molecule has 5 heteroatoms. The summed E-state index contributed by atoms with van der Waals surface area (Å²) in [6.45, 7) is 1.96. The Morgan fingerprint density at radius 2 is 1.88 bits per heavy atom. The zero-order valence-electron chi connectivity index (χ0n) is 8.62. The molecular weight excluding hydrogens is 270 g/mol. The quantitative estimate of drug-likeness (QED) is 0.624. The van der Waals surface area contributed by atoms with Crippen LogP contribution in [-0.2, 0) is 9.53 Å². The molecule has 0 fully saturated rings. The molecule has 0 amide bonds. The third-order valence-electron chi connectivity index (χ3n) is 1.98. The lowest BCUT2D eigenvalue weighted by Gasteiger charge is -2.22. The maximum atomic E-state index is 11.7. The van der Waals surface area contributed by atoms with Crippen LogP contribution in [0.4, 0.5) is 0 Å². The molecule has 0 bridgehead atoms. The largest absolute Gasteiger partial charge is 0.465 e. The Morgan fingerprint density at radius 3 is 2.31 bits per heavy atom. The smallest absolute Gasteiger partial charge is 0.317 e. The van der Waals surface area contributed by atoms with Gasteiger partial charge >= 0.3 is 5.97 Å². The van der Waals surface area contributed by atoms with E-state index in [1.807, 2.05) is 6.07 Å². The molecule has 0 aliphatic carbocycles. The minimum absolute atomic E-state index is 0.253. The van der Waals surface area contributed by atoms with Gasteiger partial charge in [-0.15, -0.1) is 0 Å². The van der Waals surface area contributed by atoms with Gasteiger partial charge in [0.1, 0.15) is 5.92 Å². The molecular formula is C11H11Cl3O2. The summed E-state index contributed by atoms with van der Waals surface area (Å²) in [6.07, 6.45) is 0. The van der Waals surface area contributed by atoms with E-state index in [-0.39, 0.29) is 6.61 Å². The molecule has 0 aromatic heterocycles. The van der Waals surface area contributed by atoms with Crippen LogP contribution in [0.1, 0.15) is 18.4 Å². The van der Waals surface area contributed by atoms with Crippen LogP contribution in [0.3, 0.4) is 0 Å². The number of carbonyl (C=O) groups is 1. The first-order valence-corrected chi connectivity index (χ1v) is 5.88. The zero-order chi connectivity index (χ0) is 12.2. The minimum atomic E-state index is -1.71. The molecule has 1 atom stereocenters. The molecule has 0 radical (unpaired) electrons. The number of halogens is 3. The van der Waals surface area contributed by atoms with Crippen molar-refractivity contribution < 1.29 is 9.53 Å². The van der Waals surface area contributed by atoms with Crippen molar-refractivity contribution in [2.75, 3.05) is 6.61 Å². The number of alkyl halides is 3. The fourth-order valence-electron chi connectivity index (χ4n) is 1.33. The van der Waals surface area contributed by atoms with Gasteiger partial charge in [0, 0.05) is 0 Å². The highest BCUT2D eigenvalue weighted by atomic mass is 35.6. The normalized spacial score (nSPS) is 13.2. The first-order chi connectivity index (χ1) is 7.46. The summed E-state index contributed by atoms with van der Waals surface area (Å²) in [6, 6.07) is 8.83. The molecule has 1 rings (SSSR count). The van der Waals surface area contributed by atoms with Crippen molar-refractivity contribution in [1.29, 1.82) is 0 Å². The van der Waals surface area contributed by atoms with E-state index in [0.717, 1.165) is 0 Å². The summed E-state index contributed by atoms with van der Waals surface area (Å²) < 4.78 is 3.18. The molecule has 1 aromatic carbocycles. The summed E-state index contributed by atoms with van der Waals surface area (Å²) in [5.74, 6) is -1.44. The second kappa shape index (κ2) is 5.76. The maximum Gasteiger partial charge on any atom is 0.317 e. The predicted molar refractivity (Wildman–Crippen MR) is 66.1 cm³/mol. The van der Waals surface area contributed by atoms with Gasteiger partial charge in [0.2, 0.25) is 3.79 Å². The molecule has 0 N–H and O–H groups in total. The zero-order valence-corrected chi connectivity index (χ0v) is 10.9. The average Bonchev–Trinajstić information content (AvgIpc) is 2.17. The van der Waals surface area contributed by atoms with Gasteiger partial charge in [-0.1, -0.05) is 65.1 Å². The monoisotopic (exact) mass is 280 g/mol. The highest BCUT2D eigenvalue weighted by Gasteiger charge is 2.40. The number of hydrogen-bond donors (Lipinski definition) is 0. The molecule has 2 nitrogen and oxygen atoms in total. The Balaban J connectivity index is 3.02. The molecule has 0 saturated carbocycles. The second-order valence-electron chi connectivity index (χ2n) is 3.14.